The number of fused-ring (bicyclic) bond motifs is 1. The van der Waals surface area contributed by atoms with Crippen LogP contribution in [0.2, 0.25) is 0 Å². The van der Waals surface area contributed by atoms with E-state index in [0.717, 1.165) is 44.3 Å². The Kier molecular flexibility index (Phi) is 6.40. The molecule has 0 radical (unpaired) electrons. The van der Waals surface area contributed by atoms with Crippen LogP contribution in [0.25, 0.3) is 22.6 Å². The van der Waals surface area contributed by atoms with Crippen molar-refractivity contribution in [1.29, 1.82) is 0 Å². The number of nitrogens with zero attached hydrogens (tertiary/aromatic N) is 6. The first-order valence-corrected chi connectivity index (χ1v) is 13.7. The minimum Gasteiger partial charge on any atom is -0.461 e. The summed E-state index contributed by atoms with van der Waals surface area (Å²) in [6.45, 7) is 4.74. The third kappa shape index (κ3) is 4.57. The van der Waals surface area contributed by atoms with Crippen LogP contribution in [-0.4, -0.2) is 59.8 Å². The summed E-state index contributed by atoms with van der Waals surface area (Å²) in [5.41, 5.74) is 3.13. The molecule has 0 unspecified atom stereocenters. The molecule has 0 bridgehead atoms. The fraction of sp³-hybridized carbons (Fsp3) is 0.414. The molecule has 0 atom stereocenters. The van der Waals surface area contributed by atoms with E-state index in [1.165, 1.54) is 23.2 Å². The number of carbonyl (C=O) groups excluding carboxylic acids is 2. The lowest BCUT2D eigenvalue weighted by molar-refractivity contribution is 0.0518. The number of esters is 1. The maximum atomic E-state index is 15.3. The molecule has 1 saturated carbocycles. The fourth-order valence-electron chi connectivity index (χ4n) is 5.56. The maximum Gasteiger partial charge on any atom is 0.358 e. The van der Waals surface area contributed by atoms with Crippen LogP contribution in [0.1, 0.15) is 79.0 Å². The summed E-state index contributed by atoms with van der Waals surface area (Å²) >= 11 is 0. The predicted octanol–water partition coefficient (Wildman–Crippen LogP) is 5.01. The number of benzene rings is 1. The Morgan fingerprint density at radius 2 is 1.85 bits per heavy atom. The average molecular weight is 531 g/mol. The fourth-order valence-corrected chi connectivity index (χ4v) is 5.56. The first-order chi connectivity index (χ1) is 18.9. The van der Waals surface area contributed by atoms with Gasteiger partial charge in [0, 0.05) is 41.7 Å². The SMILES string of the molecule is CCOC(=O)c1ccn(-c2ccc(-c3cc4nc(C(=O)N5CCCCCC56CC6)cc(CC)n4n3)c(F)c2)n1. The molecule has 9 nitrogen and oxygen atoms in total. The van der Waals surface area contributed by atoms with Gasteiger partial charge in [0.1, 0.15) is 11.5 Å². The van der Waals surface area contributed by atoms with Crippen LogP contribution in [0, 0.1) is 5.82 Å². The standard InChI is InChI=1S/C29H31FN6O3/c1-3-19-17-25(27(37)34-14-7-5-6-11-29(34)12-13-29)31-26-18-24(33-36(19)26)21-9-8-20(16-22(21)30)35-15-10-23(32-35)28(38)39-4-2/h8-10,15-18H,3-7,11-14H2,1-2H3. The average Bonchev–Trinajstić information content (AvgIpc) is 3.40. The summed E-state index contributed by atoms with van der Waals surface area (Å²) in [6.07, 6.45) is 8.77. The van der Waals surface area contributed by atoms with E-state index in [1.807, 2.05) is 13.0 Å². The van der Waals surface area contributed by atoms with E-state index in [0.29, 0.717) is 34.7 Å². The second-order valence-electron chi connectivity index (χ2n) is 10.3. The van der Waals surface area contributed by atoms with E-state index in [4.69, 9.17) is 4.74 Å². The first kappa shape index (κ1) is 25.2. The molecule has 2 aliphatic rings. The van der Waals surface area contributed by atoms with Crippen LogP contribution in [0.15, 0.2) is 42.6 Å². The molecule has 10 heteroatoms. The Morgan fingerprint density at radius 3 is 2.59 bits per heavy atom. The molecule has 0 N–H and O–H groups in total. The highest BCUT2D eigenvalue weighted by Gasteiger charge is 2.50. The van der Waals surface area contributed by atoms with Crippen molar-refractivity contribution in [2.75, 3.05) is 13.2 Å². The van der Waals surface area contributed by atoms with Gasteiger partial charge in [-0.1, -0.05) is 19.8 Å². The molecule has 3 aromatic heterocycles. The molecular weight excluding hydrogens is 499 g/mol. The third-order valence-corrected chi connectivity index (χ3v) is 7.82. The summed E-state index contributed by atoms with van der Waals surface area (Å²) in [5, 5.41) is 8.83. The highest BCUT2D eigenvalue weighted by molar-refractivity contribution is 5.94. The van der Waals surface area contributed by atoms with E-state index in [-0.39, 0.29) is 23.7 Å². The van der Waals surface area contributed by atoms with Crippen molar-refractivity contribution >= 4 is 17.5 Å². The van der Waals surface area contributed by atoms with Crippen LogP contribution < -0.4 is 0 Å². The molecule has 4 aromatic rings. The van der Waals surface area contributed by atoms with E-state index < -0.39 is 11.8 Å². The number of aryl methyl sites for hydroxylation is 1. The summed E-state index contributed by atoms with van der Waals surface area (Å²) < 4.78 is 23.4. The van der Waals surface area contributed by atoms with Gasteiger partial charge in [-0.2, -0.15) is 10.2 Å². The molecule has 6 rings (SSSR count). The number of hydrogen-bond donors (Lipinski definition) is 0. The van der Waals surface area contributed by atoms with Crippen LogP contribution in [0.3, 0.4) is 0 Å². The molecule has 1 spiro atoms. The van der Waals surface area contributed by atoms with Crippen molar-refractivity contribution in [2.24, 2.45) is 0 Å². The lowest BCUT2D eigenvalue weighted by Gasteiger charge is -2.30. The highest BCUT2D eigenvalue weighted by atomic mass is 19.1. The van der Waals surface area contributed by atoms with Crippen LogP contribution in [0.4, 0.5) is 4.39 Å². The molecule has 202 valence electrons. The number of hydrogen-bond acceptors (Lipinski definition) is 6. The number of aromatic nitrogens is 5. The third-order valence-electron chi connectivity index (χ3n) is 7.82. The van der Waals surface area contributed by atoms with Crippen LogP contribution in [0.5, 0.6) is 0 Å². The van der Waals surface area contributed by atoms with Gasteiger partial charge < -0.3 is 9.64 Å². The predicted molar refractivity (Wildman–Crippen MR) is 142 cm³/mol. The van der Waals surface area contributed by atoms with E-state index >= 15 is 4.39 Å². The molecule has 1 saturated heterocycles. The maximum absolute atomic E-state index is 15.3. The molecule has 1 aliphatic heterocycles. The molecule has 1 aliphatic carbocycles. The van der Waals surface area contributed by atoms with Crippen molar-refractivity contribution in [3.63, 3.8) is 0 Å². The molecule has 39 heavy (non-hydrogen) atoms. The number of amides is 1. The molecule has 2 fully saturated rings. The largest absolute Gasteiger partial charge is 0.461 e. The highest BCUT2D eigenvalue weighted by Crippen LogP contribution is 2.48. The lowest BCUT2D eigenvalue weighted by Crippen LogP contribution is -2.42. The Hall–Kier alpha value is -4.08. The Morgan fingerprint density at radius 1 is 1.00 bits per heavy atom. The second kappa shape index (κ2) is 9.91. The number of ether oxygens (including phenoxy) is 1. The zero-order valence-corrected chi connectivity index (χ0v) is 22.2. The molecule has 1 aromatic carbocycles. The number of carbonyl (C=O) groups is 2. The second-order valence-corrected chi connectivity index (χ2v) is 10.3. The molecule has 4 heterocycles. The number of rotatable bonds is 6. The zero-order valence-electron chi connectivity index (χ0n) is 22.2. The number of likely N-dealkylation sites (tertiary alicyclic amines) is 1. The Bertz CT molecular complexity index is 1570. The molecule has 1 amide bonds. The topological polar surface area (TPSA) is 94.6 Å². The Balaban J connectivity index is 1.31. The van der Waals surface area contributed by atoms with Gasteiger partial charge in [0.2, 0.25) is 0 Å². The summed E-state index contributed by atoms with van der Waals surface area (Å²) in [6, 6.07) is 9.76. The monoisotopic (exact) mass is 530 g/mol. The summed E-state index contributed by atoms with van der Waals surface area (Å²) in [4.78, 5) is 32.3. The van der Waals surface area contributed by atoms with E-state index in [2.05, 4.69) is 20.1 Å². The van der Waals surface area contributed by atoms with Crippen LogP contribution in [-0.2, 0) is 11.2 Å². The van der Waals surface area contributed by atoms with Crippen LogP contribution >= 0.6 is 0 Å². The van der Waals surface area contributed by atoms with Gasteiger partial charge >= 0.3 is 5.97 Å². The van der Waals surface area contributed by atoms with Gasteiger partial charge in [-0.05, 0) is 63.3 Å². The van der Waals surface area contributed by atoms with Gasteiger partial charge in [0.05, 0.1) is 18.0 Å². The van der Waals surface area contributed by atoms with Crippen molar-refractivity contribution in [3.05, 3.63) is 65.5 Å². The normalized spacial score (nSPS) is 16.4. The van der Waals surface area contributed by atoms with Gasteiger partial charge in [-0.15, -0.1) is 0 Å². The summed E-state index contributed by atoms with van der Waals surface area (Å²) in [7, 11) is 0. The minimum absolute atomic E-state index is 0.00962. The van der Waals surface area contributed by atoms with Crippen molar-refractivity contribution in [1.82, 2.24) is 29.3 Å². The van der Waals surface area contributed by atoms with E-state index in [1.54, 1.807) is 35.8 Å². The lowest BCUT2D eigenvalue weighted by atomic mass is 10.1. The van der Waals surface area contributed by atoms with Gasteiger partial charge in [0.15, 0.2) is 11.3 Å². The quantitative estimate of drug-likeness (QED) is 0.325. The molecular formula is C29H31FN6O3. The first-order valence-electron chi connectivity index (χ1n) is 13.7. The van der Waals surface area contributed by atoms with Crippen molar-refractivity contribution < 1.29 is 18.7 Å². The van der Waals surface area contributed by atoms with Crippen molar-refractivity contribution in [2.45, 2.75) is 64.3 Å². The van der Waals surface area contributed by atoms with Gasteiger partial charge in [-0.25, -0.2) is 23.4 Å². The smallest absolute Gasteiger partial charge is 0.358 e. The Labute approximate surface area is 225 Å². The van der Waals surface area contributed by atoms with Gasteiger partial charge in [-0.3, -0.25) is 4.79 Å². The zero-order chi connectivity index (χ0) is 27.1. The van der Waals surface area contributed by atoms with Crippen molar-refractivity contribution in [3.8, 4) is 16.9 Å². The van der Waals surface area contributed by atoms with E-state index in [9.17, 15) is 9.59 Å². The summed E-state index contributed by atoms with van der Waals surface area (Å²) in [5.74, 6) is -1.04. The van der Waals surface area contributed by atoms with Gasteiger partial charge in [0.25, 0.3) is 5.91 Å². The number of halogens is 1. The minimum atomic E-state index is -0.529.